The Morgan fingerprint density at radius 1 is 0.635 bits per heavy atom. The lowest BCUT2D eigenvalue weighted by atomic mass is 9.95. The van der Waals surface area contributed by atoms with Crippen LogP contribution in [-0.4, -0.2) is 242 Å². The van der Waals surface area contributed by atoms with E-state index in [4.69, 9.17) is 4.74 Å². The molecule has 1 aliphatic heterocycles. The Hall–Kier alpha value is -6.05. The van der Waals surface area contributed by atoms with Crippen molar-refractivity contribution >= 4 is 70.2 Å². The lowest BCUT2D eigenvalue weighted by molar-refractivity contribution is -0.152. The van der Waals surface area contributed by atoms with Crippen LogP contribution in [0, 0.1) is 17.8 Å². The van der Waals surface area contributed by atoms with Gasteiger partial charge < -0.3 is 64.6 Å². The van der Waals surface area contributed by atoms with Gasteiger partial charge in [0.15, 0.2) is 11.1 Å². The molecule has 1 saturated heterocycles. The van der Waals surface area contributed by atoms with Crippen molar-refractivity contribution < 1.29 is 66.6 Å². The molecule has 1 aliphatic rings. The molecule has 2 rings (SSSR count). The van der Waals surface area contributed by atoms with Gasteiger partial charge in [-0.25, -0.2) is 4.21 Å². The summed E-state index contributed by atoms with van der Waals surface area (Å²) >= 11 is -2.46. The van der Waals surface area contributed by atoms with Crippen LogP contribution in [0.5, 0.6) is 0 Å². The zero-order valence-electron chi connectivity index (χ0n) is 53.8. The molecule has 1 unspecified atom stereocenters. The van der Waals surface area contributed by atoms with E-state index in [9.17, 15) is 61.8 Å². The fourth-order valence-electron chi connectivity index (χ4n) is 10.0. The Labute approximate surface area is 507 Å². The summed E-state index contributed by atoms with van der Waals surface area (Å²) in [7, 11) is 8.43. The lowest BCUT2D eigenvalue weighted by Crippen LogP contribution is -2.62. The SMILES string of the molecule is CCC(=O)N(C)[C@@H](C)C(=O)N(C)[C@@H](Cc1ccccc1)C(=O)N(C)[C@@H](CC(C)C)C(=O)N[C@H](C(=O)N(C)CC(=O)N(C)[C@@H](CC(C)C)C(=O)N[C@@H](COC(C)(C)C)C(=O)N(C)[C@H](C(=O)N[C@@H](CS(=O)O)C(=O)N1CCCCC1)[C@@H](C)CC)[C@@H](C)O. The van der Waals surface area contributed by atoms with E-state index in [-0.39, 0.29) is 50.0 Å². The van der Waals surface area contributed by atoms with Crippen molar-refractivity contribution in [3.63, 3.8) is 0 Å². The molecule has 85 heavy (non-hydrogen) atoms. The van der Waals surface area contributed by atoms with Crippen LogP contribution in [0.25, 0.3) is 0 Å². The fraction of sp³-hybridized carbons (Fsp3) is 0.733. The molecule has 5 N–H and O–H groups in total. The molecule has 1 fully saturated rings. The number of nitrogens with one attached hydrogen (secondary N) is 3. The van der Waals surface area contributed by atoms with Crippen molar-refractivity contribution in [2.24, 2.45) is 17.8 Å². The Morgan fingerprint density at radius 2 is 1.15 bits per heavy atom. The molecule has 24 nitrogen and oxygen atoms in total. The summed E-state index contributed by atoms with van der Waals surface area (Å²) in [5.41, 5.74) is -0.0930. The first kappa shape index (κ1) is 75.0. The van der Waals surface area contributed by atoms with Gasteiger partial charge in [0.1, 0.15) is 48.3 Å². The van der Waals surface area contributed by atoms with Crippen LogP contribution in [0.4, 0.5) is 0 Å². The minimum Gasteiger partial charge on any atom is -0.391 e. The average Bonchev–Trinajstić information content (AvgIpc) is 3.65. The van der Waals surface area contributed by atoms with Crippen LogP contribution in [0.1, 0.15) is 134 Å². The van der Waals surface area contributed by atoms with Gasteiger partial charge in [0.25, 0.3) is 0 Å². The summed E-state index contributed by atoms with van der Waals surface area (Å²) in [5.74, 6) is -7.99. The minimum absolute atomic E-state index is 0.0621. The second-order valence-corrected chi connectivity index (χ2v) is 25.5. The third-order valence-corrected chi connectivity index (χ3v) is 16.2. The van der Waals surface area contributed by atoms with Gasteiger partial charge >= 0.3 is 0 Å². The van der Waals surface area contributed by atoms with Gasteiger partial charge in [0.05, 0.1) is 30.6 Å². The van der Waals surface area contributed by atoms with Gasteiger partial charge in [-0.1, -0.05) is 85.2 Å². The highest BCUT2D eigenvalue weighted by Crippen LogP contribution is 2.22. The quantitative estimate of drug-likeness (QED) is 0.0648. The smallest absolute Gasteiger partial charge is 0.248 e. The molecule has 11 atom stereocenters. The summed E-state index contributed by atoms with van der Waals surface area (Å²) < 4.78 is 28.0. The van der Waals surface area contributed by atoms with Crippen molar-refractivity contribution in [1.29, 1.82) is 0 Å². The number of hydrogen-bond acceptors (Lipinski definition) is 13. The van der Waals surface area contributed by atoms with Gasteiger partial charge in [-0.2, -0.15) is 0 Å². The van der Waals surface area contributed by atoms with Crippen LogP contribution < -0.4 is 16.0 Å². The Balaban J connectivity index is 2.47. The number of amides is 10. The summed E-state index contributed by atoms with van der Waals surface area (Å²) in [6.07, 6.45) is 1.69. The first-order valence-electron chi connectivity index (χ1n) is 29.7. The highest BCUT2D eigenvalue weighted by molar-refractivity contribution is 7.79. The minimum atomic E-state index is -2.46. The number of carbonyl (C=O) groups is 10. The lowest BCUT2D eigenvalue weighted by Gasteiger charge is -2.37. The molecule has 0 spiro atoms. The van der Waals surface area contributed by atoms with E-state index in [1.54, 1.807) is 70.7 Å². The zero-order chi connectivity index (χ0) is 65.0. The predicted octanol–water partition coefficient (Wildman–Crippen LogP) is 2.28. The summed E-state index contributed by atoms with van der Waals surface area (Å²) in [4.78, 5) is 150. The molecule has 25 heteroatoms. The second-order valence-electron chi connectivity index (χ2n) is 24.6. The molecule has 1 aromatic rings. The van der Waals surface area contributed by atoms with Crippen LogP contribution in [0.2, 0.25) is 0 Å². The molecular weight excluding hydrogens is 1120 g/mol. The van der Waals surface area contributed by atoms with Gasteiger partial charge in [0, 0.05) is 68.2 Å². The monoisotopic (exact) mass is 1220 g/mol. The maximum absolute atomic E-state index is 14.7. The molecule has 0 radical (unpaired) electrons. The van der Waals surface area contributed by atoms with Gasteiger partial charge in [-0.3, -0.25) is 47.9 Å². The molecule has 482 valence electrons. The maximum Gasteiger partial charge on any atom is 0.248 e. The number of benzene rings is 1. The maximum atomic E-state index is 14.7. The van der Waals surface area contributed by atoms with Gasteiger partial charge in [-0.05, 0) is 90.0 Å². The summed E-state index contributed by atoms with van der Waals surface area (Å²) in [6.45, 7) is 20.5. The molecule has 1 heterocycles. The normalized spacial score (nSPS) is 16.6. The summed E-state index contributed by atoms with van der Waals surface area (Å²) in [6, 6.07) is -1.16. The number of ether oxygens (including phenoxy) is 1. The second kappa shape index (κ2) is 34.9. The number of aliphatic hydroxyl groups excluding tert-OH is 1. The number of aliphatic hydroxyl groups is 1. The predicted molar refractivity (Wildman–Crippen MR) is 324 cm³/mol. The Morgan fingerprint density at radius 3 is 1.65 bits per heavy atom. The van der Waals surface area contributed by atoms with E-state index in [0.29, 0.717) is 19.5 Å². The number of piperidine rings is 1. The molecular formula is C60H102N10O14S. The molecule has 0 bridgehead atoms. The van der Waals surface area contributed by atoms with E-state index in [1.807, 2.05) is 40.7 Å². The highest BCUT2D eigenvalue weighted by atomic mass is 32.2. The van der Waals surface area contributed by atoms with Crippen molar-refractivity contribution in [2.45, 2.75) is 194 Å². The highest BCUT2D eigenvalue weighted by Gasteiger charge is 2.42. The third kappa shape index (κ3) is 23.0. The number of rotatable bonds is 32. The van der Waals surface area contributed by atoms with Crippen LogP contribution in [-0.2, 0) is 70.2 Å². The zero-order valence-corrected chi connectivity index (χ0v) is 54.7. The van der Waals surface area contributed by atoms with Crippen LogP contribution in [0.3, 0.4) is 0 Å². The molecule has 10 amide bonds. The van der Waals surface area contributed by atoms with E-state index >= 15 is 0 Å². The van der Waals surface area contributed by atoms with Gasteiger partial charge in [0.2, 0.25) is 59.1 Å². The number of likely N-dealkylation sites (tertiary alicyclic amines) is 1. The molecule has 0 aliphatic carbocycles. The number of carbonyl (C=O) groups excluding carboxylic acids is 10. The molecule has 0 saturated carbocycles. The van der Waals surface area contributed by atoms with Gasteiger partial charge in [-0.15, -0.1) is 0 Å². The topological polar surface area (TPSA) is 296 Å². The van der Waals surface area contributed by atoms with Crippen molar-refractivity contribution in [2.75, 3.05) is 74.3 Å². The van der Waals surface area contributed by atoms with Crippen molar-refractivity contribution in [3.05, 3.63) is 35.9 Å². The molecule has 1 aromatic carbocycles. The Kier molecular flexibility index (Phi) is 30.8. The third-order valence-electron chi connectivity index (χ3n) is 15.6. The number of hydrogen-bond donors (Lipinski definition) is 5. The number of likely N-dealkylation sites (N-methyl/N-ethyl adjacent to an activating group) is 6. The Bertz CT molecular complexity index is 2440. The first-order valence-corrected chi connectivity index (χ1v) is 31.0. The van der Waals surface area contributed by atoms with Crippen molar-refractivity contribution in [1.82, 2.24) is 50.2 Å². The standard InChI is InChI=1S/C60H102N10O14S/c1-19-39(7)51(54(76)62-44(36-85(82)83)57(79)70-29-25-22-26-30-70)69(18)56(78)43(35-84-60(10,11)12)61-52(74)45(31-37(3)4)66(15)49(73)34-64(13)59(81)50(41(9)71)63-53(75)46(32-38(5)6)67(16)58(80)47(33-42-27-23-21-24-28-42)68(17)55(77)40(8)65(14)48(72)20-2/h21,23-24,27-28,37-41,43-47,50-51,71H,19-20,22,25-26,29-36H2,1-18H3,(H,61,74)(H,62,76)(H,63,75)(H,82,83)/t39-,40-,41+,43-,44-,45-,46-,47-,50-,51-/m0/s1. The number of nitrogens with zero attached hydrogens (tertiary/aromatic N) is 7. The van der Waals surface area contributed by atoms with E-state index in [2.05, 4.69) is 16.0 Å². The molecule has 0 aromatic heterocycles. The van der Waals surface area contributed by atoms with Crippen molar-refractivity contribution in [3.8, 4) is 0 Å². The first-order chi connectivity index (χ1) is 39.5. The van der Waals surface area contributed by atoms with E-state index in [0.717, 1.165) is 39.5 Å². The van der Waals surface area contributed by atoms with E-state index in [1.165, 1.54) is 63.9 Å². The van der Waals surface area contributed by atoms with Crippen LogP contribution >= 0.6 is 0 Å². The largest absolute Gasteiger partial charge is 0.391 e. The summed E-state index contributed by atoms with van der Waals surface area (Å²) in [5, 5.41) is 19.1. The fourth-order valence-corrected chi connectivity index (χ4v) is 10.5. The van der Waals surface area contributed by atoms with Crippen LogP contribution in [0.15, 0.2) is 30.3 Å². The van der Waals surface area contributed by atoms with E-state index < -0.39 is 143 Å². The average molecular weight is 1220 g/mol.